The molecule has 11 heteroatoms. The van der Waals surface area contributed by atoms with Crippen LogP contribution in [0.2, 0.25) is 5.04 Å². The van der Waals surface area contributed by atoms with E-state index >= 15 is 13.2 Å². The third-order valence-electron chi connectivity index (χ3n) is 11.3. The molecule has 5 nitrogen and oxygen atoms in total. The van der Waals surface area contributed by atoms with Gasteiger partial charge in [-0.1, -0.05) is 81.4 Å². The van der Waals surface area contributed by atoms with Crippen molar-refractivity contribution in [1.29, 1.82) is 0 Å². The molecule has 292 valence electrons. The van der Waals surface area contributed by atoms with Crippen molar-refractivity contribution >= 4 is 29.6 Å². The number of ether oxygens (including phenoxy) is 1. The number of hydrogen-bond acceptors (Lipinski definition) is 4. The fourth-order valence-corrected chi connectivity index (χ4v) is 13.3. The van der Waals surface area contributed by atoms with Gasteiger partial charge in [-0.25, -0.2) is 17.6 Å². The molecule has 0 saturated carbocycles. The van der Waals surface area contributed by atoms with Gasteiger partial charge in [-0.15, -0.1) is 0 Å². The van der Waals surface area contributed by atoms with Gasteiger partial charge in [-0.3, -0.25) is 14.2 Å². The van der Waals surface area contributed by atoms with Gasteiger partial charge >= 0.3 is 0 Å². The summed E-state index contributed by atoms with van der Waals surface area (Å²) in [6.07, 6.45) is 0.562. The minimum atomic E-state index is -3.11. The molecular weight excluding hydrogens is 726 g/mol. The monoisotopic (exact) mass is 775 g/mol. The summed E-state index contributed by atoms with van der Waals surface area (Å²) in [5.74, 6) is -2.02. The van der Waals surface area contributed by atoms with Crippen molar-refractivity contribution in [3.05, 3.63) is 125 Å². The molecule has 7 rings (SSSR count). The molecule has 3 atom stereocenters. The van der Waals surface area contributed by atoms with Crippen LogP contribution in [0.5, 0.6) is 5.75 Å². The van der Waals surface area contributed by atoms with Crippen LogP contribution in [-0.2, 0) is 10.8 Å². The first-order valence-corrected chi connectivity index (χ1v) is 21.0. The molecule has 2 aliphatic rings. The molecule has 0 radical (unpaired) electrons. The second-order valence-electron chi connectivity index (χ2n) is 16.5. The van der Waals surface area contributed by atoms with E-state index in [1.807, 2.05) is 48.2 Å². The summed E-state index contributed by atoms with van der Waals surface area (Å²) in [5.41, 5.74) is -0.338. The van der Waals surface area contributed by atoms with Gasteiger partial charge in [0.15, 0.2) is 0 Å². The minimum Gasteiger partial charge on any atom is -0.488 e. The molecule has 3 heterocycles. The van der Waals surface area contributed by atoms with E-state index in [0.717, 1.165) is 15.9 Å². The SMILES string of the molecule is CC1Cc2c([nH]c3ccc(F)cc23)C(c2c(F)cc(OC3CN(CCCF)C3)cc2F)N1CC(C)(F)CO[Si](c1ccccc1)(c1ccccc1)C(C)(C)C. The Balaban J connectivity index is 1.24. The number of fused-ring (bicyclic) bond motifs is 3. The number of rotatable bonds is 13. The smallest absolute Gasteiger partial charge is 0.261 e. The fraction of sp³-hybridized carbons (Fsp3) is 0.409. The van der Waals surface area contributed by atoms with Crippen molar-refractivity contribution in [2.45, 2.75) is 76.4 Å². The lowest BCUT2D eigenvalue weighted by Gasteiger charge is -2.46. The van der Waals surface area contributed by atoms with E-state index in [1.165, 1.54) is 31.2 Å². The molecule has 1 N–H and O–H groups in total. The molecule has 2 aliphatic heterocycles. The van der Waals surface area contributed by atoms with Crippen LogP contribution < -0.4 is 15.1 Å². The van der Waals surface area contributed by atoms with Crippen molar-refractivity contribution in [3.8, 4) is 5.75 Å². The van der Waals surface area contributed by atoms with E-state index < -0.39 is 44.2 Å². The lowest BCUT2D eigenvalue weighted by Crippen LogP contribution is -2.67. The molecule has 55 heavy (non-hydrogen) atoms. The standard InChI is InChI=1S/C44H50F5N3O2Si/c1-29-21-36-35-22-30(46)17-18-39(35)50-41(36)42(40-37(47)23-31(24-38(40)48)54-32-25-51(26-32)20-12-19-45)52(29)27-44(5,49)28-53-55(43(2,3)4,33-13-8-6-9-14-33)34-15-10-7-11-16-34/h6-11,13-18,22-24,29,32,42,50H,12,19-21,25-28H2,1-5H3. The average Bonchev–Trinajstić information content (AvgIpc) is 3.47. The van der Waals surface area contributed by atoms with Crippen molar-refractivity contribution in [2.24, 2.45) is 0 Å². The van der Waals surface area contributed by atoms with Crippen LogP contribution in [0, 0.1) is 17.5 Å². The summed E-state index contributed by atoms with van der Waals surface area (Å²) in [7, 11) is -3.11. The van der Waals surface area contributed by atoms with Gasteiger partial charge in [0.25, 0.3) is 8.32 Å². The maximum atomic E-state index is 17.4. The van der Waals surface area contributed by atoms with Gasteiger partial charge in [-0.2, -0.15) is 0 Å². The van der Waals surface area contributed by atoms with Gasteiger partial charge in [0.1, 0.15) is 35.0 Å². The number of likely N-dealkylation sites (tertiary alicyclic amines) is 1. The Morgan fingerprint density at radius 2 is 1.47 bits per heavy atom. The predicted octanol–water partition coefficient (Wildman–Crippen LogP) is 8.65. The van der Waals surface area contributed by atoms with Crippen molar-refractivity contribution in [1.82, 2.24) is 14.8 Å². The summed E-state index contributed by atoms with van der Waals surface area (Å²) in [4.78, 5) is 7.17. The number of benzene rings is 4. The first-order chi connectivity index (χ1) is 26.2. The molecule has 1 aromatic heterocycles. The topological polar surface area (TPSA) is 40.7 Å². The summed E-state index contributed by atoms with van der Waals surface area (Å²) < 4.78 is 90.6. The van der Waals surface area contributed by atoms with Crippen molar-refractivity contribution < 1.29 is 31.1 Å². The van der Waals surface area contributed by atoms with Crippen molar-refractivity contribution in [3.63, 3.8) is 0 Å². The Morgan fingerprint density at radius 3 is 2.05 bits per heavy atom. The zero-order valence-corrected chi connectivity index (χ0v) is 33.1. The molecule has 0 spiro atoms. The van der Waals surface area contributed by atoms with Gasteiger partial charge in [0.05, 0.1) is 19.3 Å². The van der Waals surface area contributed by atoms with Crippen molar-refractivity contribution in [2.75, 3.05) is 39.5 Å². The van der Waals surface area contributed by atoms with Crippen LogP contribution in [0.1, 0.15) is 63.9 Å². The number of H-pyrrole nitrogens is 1. The number of nitrogens with one attached hydrogen (secondary N) is 1. The Bertz CT molecular complexity index is 2040. The molecule has 1 fully saturated rings. The molecule has 0 amide bonds. The Hall–Kier alpha value is -4.03. The van der Waals surface area contributed by atoms with Crippen LogP contribution in [0.25, 0.3) is 10.9 Å². The highest BCUT2D eigenvalue weighted by atomic mass is 28.4. The number of halogens is 5. The van der Waals surface area contributed by atoms with Gasteiger partial charge in [0.2, 0.25) is 0 Å². The quantitative estimate of drug-likeness (QED) is 0.0961. The third kappa shape index (κ3) is 7.73. The number of alkyl halides is 2. The van der Waals surface area contributed by atoms with E-state index in [9.17, 15) is 8.78 Å². The number of aromatic amines is 1. The van der Waals surface area contributed by atoms with Gasteiger partial charge in [-0.05, 0) is 65.9 Å². The largest absolute Gasteiger partial charge is 0.488 e. The summed E-state index contributed by atoms with van der Waals surface area (Å²) >= 11 is 0. The van der Waals surface area contributed by atoms with E-state index in [0.29, 0.717) is 49.1 Å². The van der Waals surface area contributed by atoms with Crippen LogP contribution in [0.3, 0.4) is 0 Å². The van der Waals surface area contributed by atoms with Crippen LogP contribution in [0.15, 0.2) is 91.0 Å². The normalized spacial score (nSPS) is 19.6. The van der Waals surface area contributed by atoms with E-state index in [-0.39, 0.29) is 41.6 Å². The minimum absolute atomic E-state index is 0.0530. The first kappa shape index (κ1) is 39.2. The molecule has 1 saturated heterocycles. The molecule has 0 bridgehead atoms. The Labute approximate surface area is 321 Å². The summed E-state index contributed by atoms with van der Waals surface area (Å²) in [5, 5.41) is 2.28. The molecular formula is C44H50F5N3O2Si. The van der Waals surface area contributed by atoms with E-state index in [1.54, 1.807) is 11.0 Å². The maximum Gasteiger partial charge on any atom is 0.261 e. The molecule has 3 unspecified atom stereocenters. The Kier molecular flexibility index (Phi) is 11.0. The fourth-order valence-electron chi connectivity index (χ4n) is 8.68. The number of nitrogens with zero attached hydrogens (tertiary/aromatic N) is 2. The van der Waals surface area contributed by atoms with E-state index in [2.05, 4.69) is 50.0 Å². The maximum absolute atomic E-state index is 17.4. The average molecular weight is 776 g/mol. The highest BCUT2D eigenvalue weighted by molar-refractivity contribution is 6.99. The second kappa shape index (κ2) is 15.5. The summed E-state index contributed by atoms with van der Waals surface area (Å²) in [6.45, 7) is 10.6. The van der Waals surface area contributed by atoms with Crippen LogP contribution in [0.4, 0.5) is 22.0 Å². The lowest BCUT2D eigenvalue weighted by atomic mass is 9.87. The van der Waals surface area contributed by atoms with Crippen LogP contribution >= 0.6 is 0 Å². The van der Waals surface area contributed by atoms with Gasteiger partial charge in [0, 0.05) is 66.5 Å². The molecule has 5 aromatic rings. The highest BCUT2D eigenvalue weighted by Gasteiger charge is 2.52. The first-order valence-electron chi connectivity index (χ1n) is 19.1. The Morgan fingerprint density at radius 1 is 0.855 bits per heavy atom. The lowest BCUT2D eigenvalue weighted by molar-refractivity contribution is 0.0171. The zero-order valence-electron chi connectivity index (χ0n) is 32.1. The molecule has 0 aliphatic carbocycles. The third-order valence-corrected chi connectivity index (χ3v) is 16.2. The van der Waals surface area contributed by atoms with Gasteiger partial charge < -0.3 is 14.1 Å². The molecule has 4 aromatic carbocycles. The second-order valence-corrected chi connectivity index (χ2v) is 20.8. The number of hydrogen-bond donors (Lipinski definition) is 1. The zero-order chi connectivity index (χ0) is 39.1. The predicted molar refractivity (Wildman–Crippen MR) is 211 cm³/mol. The van der Waals surface area contributed by atoms with E-state index in [4.69, 9.17) is 9.16 Å². The highest BCUT2D eigenvalue weighted by Crippen LogP contribution is 2.45. The number of aromatic nitrogens is 1. The summed E-state index contributed by atoms with van der Waals surface area (Å²) in [6, 6.07) is 25.3. The van der Waals surface area contributed by atoms with Crippen LogP contribution in [-0.4, -0.2) is 80.4 Å².